The number of hydrogen-bond donors (Lipinski definition) is 2. The SMILES string of the molecule is Nc1ncc(C=CCCNC(=O)OCC2c3ccccc3-c3ccccc32)cc1[N+](=O)[O-]. The summed E-state index contributed by atoms with van der Waals surface area (Å²) in [5, 5.41) is 13.6. The lowest BCUT2D eigenvalue weighted by Gasteiger charge is -2.14. The van der Waals surface area contributed by atoms with Gasteiger partial charge < -0.3 is 15.8 Å². The lowest BCUT2D eigenvalue weighted by molar-refractivity contribution is -0.384. The molecule has 3 N–H and O–H groups in total. The van der Waals surface area contributed by atoms with Gasteiger partial charge in [0.05, 0.1) is 4.92 Å². The Morgan fingerprint density at radius 1 is 1.16 bits per heavy atom. The van der Waals surface area contributed by atoms with Gasteiger partial charge in [0.2, 0.25) is 5.82 Å². The molecule has 1 aliphatic rings. The molecule has 4 rings (SSSR count). The van der Waals surface area contributed by atoms with E-state index in [1.807, 2.05) is 24.3 Å². The number of nitrogens with one attached hydrogen (secondary N) is 1. The summed E-state index contributed by atoms with van der Waals surface area (Å²) >= 11 is 0. The number of nitro groups is 1. The van der Waals surface area contributed by atoms with Gasteiger partial charge in [0.25, 0.3) is 0 Å². The van der Waals surface area contributed by atoms with Crippen LogP contribution in [0.25, 0.3) is 17.2 Å². The van der Waals surface area contributed by atoms with Gasteiger partial charge in [-0.2, -0.15) is 0 Å². The highest BCUT2D eigenvalue weighted by Crippen LogP contribution is 2.44. The average molecular weight is 430 g/mol. The molecule has 0 unspecified atom stereocenters. The Balaban J connectivity index is 1.27. The summed E-state index contributed by atoms with van der Waals surface area (Å²) in [6, 6.07) is 17.7. The van der Waals surface area contributed by atoms with E-state index in [4.69, 9.17) is 10.5 Å². The maximum Gasteiger partial charge on any atom is 0.407 e. The monoisotopic (exact) mass is 430 g/mol. The van der Waals surface area contributed by atoms with Gasteiger partial charge in [-0.3, -0.25) is 10.1 Å². The molecule has 0 spiro atoms. The van der Waals surface area contributed by atoms with Crippen LogP contribution in [0.3, 0.4) is 0 Å². The van der Waals surface area contributed by atoms with Crippen LogP contribution in [0, 0.1) is 10.1 Å². The van der Waals surface area contributed by atoms with E-state index >= 15 is 0 Å². The van der Waals surface area contributed by atoms with Gasteiger partial charge in [-0.05, 0) is 34.2 Å². The molecular formula is C24H22N4O4. The number of nitrogens with zero attached hydrogens (tertiary/aromatic N) is 2. The van der Waals surface area contributed by atoms with Crippen LogP contribution in [0.15, 0.2) is 66.9 Å². The molecule has 0 saturated carbocycles. The van der Waals surface area contributed by atoms with Crippen molar-refractivity contribution in [2.75, 3.05) is 18.9 Å². The molecule has 0 aliphatic heterocycles. The number of amides is 1. The molecule has 0 fully saturated rings. The van der Waals surface area contributed by atoms with E-state index in [1.54, 1.807) is 12.2 Å². The number of carbonyl (C=O) groups is 1. The van der Waals surface area contributed by atoms with E-state index in [2.05, 4.69) is 34.6 Å². The molecule has 3 aromatic rings. The van der Waals surface area contributed by atoms with E-state index in [9.17, 15) is 14.9 Å². The molecule has 8 heteroatoms. The number of nitrogen functional groups attached to an aromatic ring is 1. The van der Waals surface area contributed by atoms with E-state index < -0.39 is 11.0 Å². The van der Waals surface area contributed by atoms with Crippen molar-refractivity contribution in [3.8, 4) is 11.1 Å². The van der Waals surface area contributed by atoms with E-state index in [0.29, 0.717) is 18.5 Å². The largest absolute Gasteiger partial charge is 0.449 e. The Hall–Kier alpha value is -4.20. The molecule has 0 radical (unpaired) electrons. The molecule has 0 saturated heterocycles. The number of hydrogen-bond acceptors (Lipinski definition) is 6. The second-order valence-corrected chi connectivity index (χ2v) is 7.37. The van der Waals surface area contributed by atoms with E-state index in [-0.39, 0.29) is 24.0 Å². The van der Waals surface area contributed by atoms with Crippen molar-refractivity contribution in [2.24, 2.45) is 0 Å². The maximum atomic E-state index is 12.2. The van der Waals surface area contributed by atoms with Crippen molar-refractivity contribution >= 4 is 23.7 Å². The smallest absolute Gasteiger partial charge is 0.407 e. The Morgan fingerprint density at radius 3 is 2.47 bits per heavy atom. The van der Waals surface area contributed by atoms with Gasteiger partial charge in [0.1, 0.15) is 6.61 Å². The fourth-order valence-electron chi connectivity index (χ4n) is 3.84. The minimum atomic E-state index is -0.571. The summed E-state index contributed by atoms with van der Waals surface area (Å²) in [6.07, 6.45) is 4.99. The van der Waals surface area contributed by atoms with E-state index in [0.717, 1.165) is 11.1 Å². The van der Waals surface area contributed by atoms with Crippen LogP contribution >= 0.6 is 0 Å². The molecule has 32 heavy (non-hydrogen) atoms. The first-order chi connectivity index (χ1) is 15.5. The van der Waals surface area contributed by atoms with Gasteiger partial charge in [-0.15, -0.1) is 0 Å². The molecule has 1 aromatic heterocycles. The van der Waals surface area contributed by atoms with Crippen LogP contribution in [0.2, 0.25) is 0 Å². The quantitative estimate of drug-likeness (QED) is 0.323. The lowest BCUT2D eigenvalue weighted by atomic mass is 9.98. The number of ether oxygens (including phenoxy) is 1. The first-order valence-electron chi connectivity index (χ1n) is 10.2. The van der Waals surface area contributed by atoms with Gasteiger partial charge in [-0.1, -0.05) is 60.7 Å². The van der Waals surface area contributed by atoms with Crippen LogP contribution in [0.1, 0.15) is 29.0 Å². The molecular weight excluding hydrogens is 408 g/mol. The molecule has 0 bridgehead atoms. The van der Waals surface area contributed by atoms with Crippen LogP contribution in [-0.4, -0.2) is 29.2 Å². The zero-order valence-electron chi connectivity index (χ0n) is 17.2. The minimum absolute atomic E-state index is 0.0156. The number of benzene rings is 2. The van der Waals surface area contributed by atoms with Crippen molar-refractivity contribution in [1.82, 2.24) is 10.3 Å². The molecule has 0 atom stereocenters. The van der Waals surface area contributed by atoms with E-state index in [1.165, 1.54) is 23.4 Å². The summed E-state index contributed by atoms with van der Waals surface area (Å²) in [5.74, 6) is -0.106. The maximum absolute atomic E-state index is 12.2. The standard InChI is InChI=1S/C24H22N4O4/c25-23-22(28(30)31)13-16(14-27-23)7-5-6-12-26-24(29)32-15-21-19-10-3-1-8-17(19)18-9-2-4-11-20(18)21/h1-5,7-11,13-14,21H,6,12,15H2,(H2,25,27)(H,26,29). The van der Waals surface area contributed by atoms with Crippen molar-refractivity contribution in [2.45, 2.75) is 12.3 Å². The van der Waals surface area contributed by atoms with Crippen LogP contribution in [-0.2, 0) is 4.74 Å². The van der Waals surface area contributed by atoms with Gasteiger partial charge in [0, 0.05) is 24.7 Å². The Morgan fingerprint density at radius 2 is 1.81 bits per heavy atom. The van der Waals surface area contributed by atoms with Crippen molar-refractivity contribution in [3.05, 3.63) is 93.7 Å². The normalized spacial score (nSPS) is 12.4. The summed E-state index contributed by atoms with van der Waals surface area (Å²) in [4.78, 5) is 26.3. The third-order valence-corrected chi connectivity index (χ3v) is 5.35. The van der Waals surface area contributed by atoms with Crippen LogP contribution in [0.5, 0.6) is 0 Å². The fraction of sp³-hybridized carbons (Fsp3) is 0.167. The number of pyridine rings is 1. The molecule has 2 aromatic carbocycles. The van der Waals surface area contributed by atoms with Gasteiger partial charge in [0.15, 0.2) is 0 Å². The molecule has 162 valence electrons. The Kier molecular flexibility index (Phi) is 6.12. The number of alkyl carbamates (subject to hydrolysis) is 1. The second-order valence-electron chi connectivity index (χ2n) is 7.37. The summed E-state index contributed by atoms with van der Waals surface area (Å²) < 4.78 is 5.49. The van der Waals surface area contributed by atoms with Crippen molar-refractivity contribution < 1.29 is 14.5 Å². The van der Waals surface area contributed by atoms with Gasteiger partial charge in [-0.25, -0.2) is 9.78 Å². The number of fused-ring (bicyclic) bond motifs is 3. The number of anilines is 1. The van der Waals surface area contributed by atoms with Gasteiger partial charge >= 0.3 is 11.8 Å². The van der Waals surface area contributed by atoms with Crippen molar-refractivity contribution in [1.29, 1.82) is 0 Å². The Labute approximate surface area is 184 Å². The highest BCUT2D eigenvalue weighted by molar-refractivity contribution is 5.79. The molecule has 1 aliphatic carbocycles. The van der Waals surface area contributed by atoms with Crippen LogP contribution in [0.4, 0.5) is 16.3 Å². The topological polar surface area (TPSA) is 120 Å². The molecule has 8 nitrogen and oxygen atoms in total. The first kappa shape index (κ1) is 21.0. The predicted molar refractivity (Wildman–Crippen MR) is 122 cm³/mol. The second kappa shape index (κ2) is 9.30. The summed E-state index contributed by atoms with van der Waals surface area (Å²) in [5.41, 5.74) is 10.5. The summed E-state index contributed by atoms with van der Waals surface area (Å²) in [7, 11) is 0. The number of rotatable bonds is 7. The zero-order valence-corrected chi connectivity index (χ0v) is 17.2. The third kappa shape index (κ3) is 4.44. The Bertz CT molecular complexity index is 1150. The first-order valence-corrected chi connectivity index (χ1v) is 10.2. The summed E-state index contributed by atoms with van der Waals surface area (Å²) in [6.45, 7) is 0.633. The average Bonchev–Trinajstić information content (AvgIpc) is 3.12. The number of nitrogens with two attached hydrogens (primary N) is 1. The fourth-order valence-corrected chi connectivity index (χ4v) is 3.84. The number of aromatic nitrogens is 1. The predicted octanol–water partition coefficient (Wildman–Crippen LogP) is 4.51. The molecule has 1 heterocycles. The molecule has 1 amide bonds. The third-order valence-electron chi connectivity index (χ3n) is 5.35. The highest BCUT2D eigenvalue weighted by Gasteiger charge is 2.28. The lowest BCUT2D eigenvalue weighted by Crippen LogP contribution is -2.26. The number of carbonyl (C=O) groups excluding carboxylic acids is 1. The van der Waals surface area contributed by atoms with Crippen molar-refractivity contribution in [3.63, 3.8) is 0 Å². The highest BCUT2D eigenvalue weighted by atomic mass is 16.6. The zero-order chi connectivity index (χ0) is 22.5. The minimum Gasteiger partial charge on any atom is -0.449 e. The van der Waals surface area contributed by atoms with Crippen LogP contribution < -0.4 is 11.1 Å².